The summed E-state index contributed by atoms with van der Waals surface area (Å²) in [5, 5.41) is 15.9. The van der Waals surface area contributed by atoms with E-state index in [9.17, 15) is 10.0 Å². The van der Waals surface area contributed by atoms with E-state index in [1.165, 1.54) is 0 Å². The quantitative estimate of drug-likeness (QED) is 0.737. The first kappa shape index (κ1) is 14.0. The first-order valence-electron chi connectivity index (χ1n) is 5.89. The van der Waals surface area contributed by atoms with Gasteiger partial charge in [-0.05, 0) is 40.5 Å². The summed E-state index contributed by atoms with van der Waals surface area (Å²) >= 11 is 0. The van der Waals surface area contributed by atoms with Gasteiger partial charge in [0, 0.05) is 17.0 Å². The predicted molar refractivity (Wildman–Crippen MR) is 65.3 cm³/mol. The topological polar surface area (TPSA) is 52.2 Å². The van der Waals surface area contributed by atoms with Gasteiger partial charge in [0.05, 0.1) is 6.54 Å². The lowest BCUT2D eigenvalue weighted by Crippen LogP contribution is -2.60. The summed E-state index contributed by atoms with van der Waals surface area (Å²) in [6.07, 6.45) is 6.24. The number of carbonyl (C=O) groups excluding carboxylic acids is 1. The first-order chi connectivity index (χ1) is 7.70. The van der Waals surface area contributed by atoms with Crippen LogP contribution in [0.4, 0.5) is 0 Å². The smallest absolute Gasteiger partial charge is 0.224 e. The van der Waals surface area contributed by atoms with Crippen LogP contribution in [0.25, 0.3) is 0 Å². The lowest BCUT2D eigenvalue weighted by Gasteiger charge is -2.49. The van der Waals surface area contributed by atoms with Gasteiger partial charge in [0.1, 0.15) is 0 Å². The van der Waals surface area contributed by atoms with E-state index in [1.807, 2.05) is 27.7 Å². The largest absolute Gasteiger partial charge is 0.345 e. The van der Waals surface area contributed by atoms with Gasteiger partial charge < -0.3 is 5.32 Å². The number of nitrogens with one attached hydrogen (secondary N) is 1. The fourth-order valence-electron chi connectivity index (χ4n) is 2.73. The maximum atomic E-state index is 12.1. The monoisotopic (exact) mass is 237 g/mol. The number of rotatable bonds is 2. The molecule has 0 aliphatic carbocycles. The number of terminal acetylenes is 1. The normalized spacial score (nSPS) is 24.0. The molecule has 0 unspecified atom stereocenters. The highest BCUT2D eigenvalue weighted by Gasteiger charge is 2.47. The summed E-state index contributed by atoms with van der Waals surface area (Å²) in [7, 11) is 0. The second-order valence-electron chi connectivity index (χ2n) is 5.95. The third-order valence-electron chi connectivity index (χ3n) is 3.33. The van der Waals surface area contributed by atoms with Crippen molar-refractivity contribution in [1.82, 2.24) is 10.4 Å². The Morgan fingerprint density at radius 3 is 2.24 bits per heavy atom. The van der Waals surface area contributed by atoms with E-state index in [-0.39, 0.29) is 18.4 Å². The molecule has 0 saturated carbocycles. The summed E-state index contributed by atoms with van der Waals surface area (Å²) < 4.78 is 0. The van der Waals surface area contributed by atoms with Crippen LogP contribution in [0.15, 0.2) is 0 Å². The zero-order valence-electron chi connectivity index (χ0n) is 11.0. The van der Waals surface area contributed by atoms with Crippen LogP contribution in [0.2, 0.25) is 0 Å². The van der Waals surface area contributed by atoms with E-state index in [0.717, 1.165) is 5.06 Å². The molecule has 17 heavy (non-hydrogen) atoms. The molecule has 1 heterocycles. The van der Waals surface area contributed by atoms with Crippen molar-refractivity contribution in [1.29, 1.82) is 0 Å². The minimum Gasteiger partial charge on any atom is -0.345 e. The van der Waals surface area contributed by atoms with Gasteiger partial charge in [0.25, 0.3) is 0 Å². The maximum absolute atomic E-state index is 12.1. The third kappa shape index (κ3) is 2.99. The molecule has 0 bridgehead atoms. The molecule has 95 valence electrons. The summed E-state index contributed by atoms with van der Waals surface area (Å²) in [5.74, 6) is 2.20. The number of nitrogens with zero attached hydrogens (tertiary/aromatic N) is 1. The van der Waals surface area contributed by atoms with Gasteiger partial charge in [-0.2, -0.15) is 0 Å². The van der Waals surface area contributed by atoms with E-state index < -0.39 is 11.1 Å². The number of hydrogen-bond acceptors (Lipinski definition) is 2. The van der Waals surface area contributed by atoms with Crippen molar-refractivity contribution in [2.24, 2.45) is 5.92 Å². The Bertz CT molecular complexity index is 324. The van der Waals surface area contributed by atoms with Gasteiger partial charge in [-0.25, -0.2) is 0 Å². The third-order valence-corrected chi connectivity index (χ3v) is 3.33. The van der Waals surface area contributed by atoms with Crippen LogP contribution in [0.5, 0.6) is 0 Å². The number of piperidine rings is 1. The molecule has 0 aromatic heterocycles. The molecular formula is C13H21N2O2. The molecule has 1 saturated heterocycles. The van der Waals surface area contributed by atoms with Crippen molar-refractivity contribution >= 4 is 5.91 Å². The zero-order valence-corrected chi connectivity index (χ0v) is 11.0. The Kier molecular flexibility index (Phi) is 3.85. The SMILES string of the molecule is C#CCNC(=O)C1CC(C)(C)N([O])C(C)(C)C1. The van der Waals surface area contributed by atoms with Crippen LogP contribution in [0, 0.1) is 18.3 Å². The number of hydroxylamine groups is 2. The predicted octanol–water partition coefficient (Wildman–Crippen LogP) is 1.35. The Labute approximate surface area is 103 Å². The molecule has 1 rings (SSSR count). The van der Waals surface area contributed by atoms with Crippen LogP contribution in [0.1, 0.15) is 40.5 Å². The summed E-state index contributed by atoms with van der Waals surface area (Å²) in [6, 6.07) is 0. The summed E-state index contributed by atoms with van der Waals surface area (Å²) in [4.78, 5) is 11.9. The van der Waals surface area contributed by atoms with Crippen LogP contribution in [-0.2, 0) is 10.0 Å². The highest BCUT2D eigenvalue weighted by atomic mass is 16.5. The average Bonchev–Trinajstić information content (AvgIpc) is 2.21. The minimum absolute atomic E-state index is 0.0443. The van der Waals surface area contributed by atoms with E-state index >= 15 is 0 Å². The molecule has 1 aliphatic heterocycles. The van der Waals surface area contributed by atoms with E-state index in [2.05, 4.69) is 11.2 Å². The molecule has 1 amide bonds. The maximum Gasteiger partial charge on any atom is 0.224 e. The molecule has 4 nitrogen and oxygen atoms in total. The van der Waals surface area contributed by atoms with Crippen LogP contribution < -0.4 is 5.32 Å². The lowest BCUT2D eigenvalue weighted by atomic mass is 9.75. The van der Waals surface area contributed by atoms with Crippen LogP contribution in [0.3, 0.4) is 0 Å². The molecular weight excluding hydrogens is 216 g/mol. The van der Waals surface area contributed by atoms with Crippen molar-refractivity contribution in [3.63, 3.8) is 0 Å². The molecule has 1 radical (unpaired) electrons. The molecule has 0 aromatic rings. The molecule has 1 N–H and O–H groups in total. The first-order valence-corrected chi connectivity index (χ1v) is 5.89. The number of carbonyl (C=O) groups is 1. The van der Waals surface area contributed by atoms with Gasteiger partial charge in [0.15, 0.2) is 0 Å². The Hall–Kier alpha value is -1.05. The molecule has 0 spiro atoms. The van der Waals surface area contributed by atoms with Gasteiger partial charge in [-0.15, -0.1) is 16.7 Å². The second-order valence-corrected chi connectivity index (χ2v) is 5.95. The zero-order chi connectivity index (χ0) is 13.3. The molecule has 0 atom stereocenters. The van der Waals surface area contributed by atoms with Gasteiger partial charge in [-0.1, -0.05) is 5.92 Å². The highest BCUT2D eigenvalue weighted by molar-refractivity contribution is 5.79. The van der Waals surface area contributed by atoms with Crippen molar-refractivity contribution in [2.75, 3.05) is 6.54 Å². The molecule has 1 fully saturated rings. The number of amides is 1. The summed E-state index contributed by atoms with van der Waals surface area (Å²) in [6.45, 7) is 7.76. The number of hydrogen-bond donors (Lipinski definition) is 1. The Morgan fingerprint density at radius 2 is 1.82 bits per heavy atom. The minimum atomic E-state index is -0.514. The van der Waals surface area contributed by atoms with E-state index in [4.69, 9.17) is 6.42 Å². The fourth-order valence-corrected chi connectivity index (χ4v) is 2.73. The Morgan fingerprint density at radius 1 is 1.35 bits per heavy atom. The lowest BCUT2D eigenvalue weighted by molar-refractivity contribution is -0.292. The van der Waals surface area contributed by atoms with Crippen molar-refractivity contribution < 1.29 is 10.0 Å². The van der Waals surface area contributed by atoms with E-state index in [0.29, 0.717) is 12.8 Å². The molecule has 0 aromatic carbocycles. The van der Waals surface area contributed by atoms with Crippen LogP contribution in [-0.4, -0.2) is 28.6 Å². The van der Waals surface area contributed by atoms with Gasteiger partial charge in [-0.3, -0.25) is 4.79 Å². The second kappa shape index (κ2) is 4.67. The van der Waals surface area contributed by atoms with Gasteiger partial charge in [0.2, 0.25) is 5.91 Å². The van der Waals surface area contributed by atoms with Crippen LogP contribution >= 0.6 is 0 Å². The van der Waals surface area contributed by atoms with E-state index in [1.54, 1.807) is 0 Å². The fraction of sp³-hybridized carbons (Fsp3) is 0.769. The van der Waals surface area contributed by atoms with Crippen molar-refractivity contribution in [3.8, 4) is 12.3 Å². The standard InChI is InChI=1S/C13H21N2O2/c1-6-7-14-11(16)10-8-12(2,3)15(17)13(4,5)9-10/h1,10H,7-9H2,2-5H3,(H,14,16). The average molecular weight is 237 g/mol. The van der Waals surface area contributed by atoms with Gasteiger partial charge >= 0.3 is 0 Å². The van der Waals surface area contributed by atoms with Crippen molar-refractivity contribution in [3.05, 3.63) is 0 Å². The molecule has 4 heteroatoms. The molecule has 1 aliphatic rings. The highest BCUT2D eigenvalue weighted by Crippen LogP contribution is 2.40. The Balaban J connectivity index is 2.78. The summed E-state index contributed by atoms with van der Waals surface area (Å²) in [5.41, 5.74) is -1.03. The van der Waals surface area contributed by atoms with Crippen molar-refractivity contribution in [2.45, 2.75) is 51.6 Å².